The molecule has 37 heavy (non-hydrogen) atoms. The lowest BCUT2D eigenvalue weighted by Crippen LogP contribution is -2.42. The van der Waals surface area contributed by atoms with E-state index in [1.165, 1.54) is 40.4 Å². The van der Waals surface area contributed by atoms with E-state index in [9.17, 15) is 32.3 Å². The van der Waals surface area contributed by atoms with Gasteiger partial charge >= 0.3 is 23.7 Å². The van der Waals surface area contributed by atoms with Crippen LogP contribution in [0.3, 0.4) is 0 Å². The number of ether oxygens (including phenoxy) is 1. The maximum atomic E-state index is 13.6. The summed E-state index contributed by atoms with van der Waals surface area (Å²) in [6, 6.07) is 7.04. The molecule has 0 saturated carbocycles. The summed E-state index contributed by atoms with van der Waals surface area (Å²) in [7, 11) is 3.10. The SMILES string of the molecule is Cn1c(=O)n(C)c2cc(-n3cc(OC(=O)O)c(=O)n(C4CCc5c4cccc5C(F)(F)F)c3=O)ccc21. The van der Waals surface area contributed by atoms with Crippen LogP contribution in [0.25, 0.3) is 16.7 Å². The van der Waals surface area contributed by atoms with Gasteiger partial charge in [0.25, 0.3) is 5.56 Å². The highest BCUT2D eigenvalue weighted by Crippen LogP contribution is 2.41. The van der Waals surface area contributed by atoms with Crippen molar-refractivity contribution in [1.29, 1.82) is 0 Å². The quantitative estimate of drug-likeness (QED) is 0.419. The van der Waals surface area contributed by atoms with E-state index < -0.39 is 40.9 Å². The molecule has 1 atom stereocenters. The van der Waals surface area contributed by atoms with Crippen molar-refractivity contribution in [3.8, 4) is 11.4 Å². The summed E-state index contributed by atoms with van der Waals surface area (Å²) in [5.74, 6) is -0.699. The summed E-state index contributed by atoms with van der Waals surface area (Å²) in [6.07, 6.45) is -5.54. The van der Waals surface area contributed by atoms with Gasteiger partial charge in [0.1, 0.15) is 0 Å². The monoisotopic (exact) mass is 516 g/mol. The van der Waals surface area contributed by atoms with Crippen LogP contribution in [0.5, 0.6) is 5.75 Å². The van der Waals surface area contributed by atoms with Gasteiger partial charge in [-0.2, -0.15) is 13.2 Å². The molecule has 1 aliphatic carbocycles. The fraction of sp³-hybridized carbons (Fsp3) is 0.250. The Balaban J connectivity index is 1.77. The van der Waals surface area contributed by atoms with Crippen LogP contribution in [0.4, 0.5) is 18.0 Å². The standard InChI is InChI=1S/C24H19F3N4O6/c1-28-17-8-6-12(10-18(17)29(2)21(28)33)30-11-19(37-23(35)36)20(32)31(22(30)34)16-9-7-13-14(16)4-3-5-15(13)24(25,26)27/h3-6,8,10-11,16H,7,9H2,1-2H3,(H,35,36). The van der Waals surface area contributed by atoms with E-state index in [1.54, 1.807) is 13.1 Å². The lowest BCUT2D eigenvalue weighted by Gasteiger charge is -2.19. The molecule has 192 valence electrons. The zero-order valence-corrected chi connectivity index (χ0v) is 19.4. The van der Waals surface area contributed by atoms with Gasteiger partial charge in [-0.25, -0.2) is 19.0 Å². The topological polar surface area (TPSA) is 117 Å². The fourth-order valence-corrected chi connectivity index (χ4v) is 4.98. The maximum absolute atomic E-state index is 13.6. The smallest absolute Gasteiger partial charge is 0.449 e. The van der Waals surface area contributed by atoms with Crippen LogP contribution >= 0.6 is 0 Å². The van der Waals surface area contributed by atoms with E-state index in [-0.39, 0.29) is 35.3 Å². The molecule has 4 aromatic rings. The number of carboxylic acid groups (broad SMARTS) is 1. The van der Waals surface area contributed by atoms with Gasteiger partial charge in [-0.15, -0.1) is 0 Å². The van der Waals surface area contributed by atoms with Crippen molar-refractivity contribution < 1.29 is 27.8 Å². The lowest BCUT2D eigenvalue weighted by molar-refractivity contribution is -0.138. The molecular formula is C24H19F3N4O6. The Bertz CT molecular complexity index is 1780. The third kappa shape index (κ3) is 3.74. The second-order valence-corrected chi connectivity index (χ2v) is 8.69. The first kappa shape index (κ1) is 24.2. The summed E-state index contributed by atoms with van der Waals surface area (Å²) in [4.78, 5) is 50.4. The Morgan fingerprint density at radius 2 is 1.73 bits per heavy atom. The van der Waals surface area contributed by atoms with Crippen LogP contribution in [0.2, 0.25) is 0 Å². The number of aryl methyl sites for hydroxylation is 2. The van der Waals surface area contributed by atoms with Crippen molar-refractivity contribution in [2.24, 2.45) is 14.1 Å². The van der Waals surface area contributed by atoms with Gasteiger partial charge in [0.2, 0.25) is 5.75 Å². The minimum atomic E-state index is -4.62. The lowest BCUT2D eigenvalue weighted by atomic mass is 10.0. The Labute approximate surface area is 205 Å². The van der Waals surface area contributed by atoms with Crippen LogP contribution < -0.4 is 21.7 Å². The zero-order valence-electron chi connectivity index (χ0n) is 19.4. The average Bonchev–Trinajstić information content (AvgIpc) is 3.35. The summed E-state index contributed by atoms with van der Waals surface area (Å²) >= 11 is 0. The van der Waals surface area contributed by atoms with Crippen molar-refractivity contribution in [3.05, 3.63) is 90.6 Å². The molecule has 0 fully saturated rings. The van der Waals surface area contributed by atoms with Crippen LogP contribution in [-0.2, 0) is 26.7 Å². The van der Waals surface area contributed by atoms with Crippen molar-refractivity contribution >= 4 is 17.2 Å². The minimum absolute atomic E-state index is 0.0142. The molecule has 2 aromatic carbocycles. The number of hydrogen-bond acceptors (Lipinski definition) is 5. The molecule has 0 amide bonds. The number of aromatic nitrogens is 4. The van der Waals surface area contributed by atoms with E-state index in [1.807, 2.05) is 0 Å². The molecule has 13 heteroatoms. The van der Waals surface area contributed by atoms with E-state index >= 15 is 0 Å². The van der Waals surface area contributed by atoms with Crippen molar-refractivity contribution in [1.82, 2.24) is 18.3 Å². The molecule has 0 bridgehead atoms. The molecule has 0 radical (unpaired) electrons. The van der Waals surface area contributed by atoms with Gasteiger partial charge < -0.3 is 9.84 Å². The molecule has 0 spiro atoms. The summed E-state index contributed by atoms with van der Waals surface area (Å²) in [5.41, 5.74) is -1.84. The van der Waals surface area contributed by atoms with Crippen LogP contribution in [0, 0.1) is 0 Å². The Kier molecular flexibility index (Phi) is 5.39. The molecule has 1 unspecified atom stereocenters. The molecule has 2 aromatic heterocycles. The number of hydrogen-bond donors (Lipinski definition) is 1. The van der Waals surface area contributed by atoms with Crippen LogP contribution in [0.15, 0.2) is 57.0 Å². The van der Waals surface area contributed by atoms with Crippen molar-refractivity contribution in [3.63, 3.8) is 0 Å². The minimum Gasteiger partial charge on any atom is -0.449 e. The van der Waals surface area contributed by atoms with E-state index in [0.29, 0.717) is 11.0 Å². The number of fused-ring (bicyclic) bond motifs is 2. The van der Waals surface area contributed by atoms with Gasteiger partial charge in [-0.3, -0.25) is 18.5 Å². The zero-order chi connectivity index (χ0) is 26.8. The molecular weight excluding hydrogens is 497 g/mol. The van der Waals surface area contributed by atoms with Gasteiger partial charge in [0.05, 0.1) is 34.5 Å². The van der Waals surface area contributed by atoms with Crippen molar-refractivity contribution in [2.45, 2.75) is 25.1 Å². The number of carbonyl (C=O) groups is 1. The molecule has 1 N–H and O–H groups in total. The highest BCUT2D eigenvalue weighted by Gasteiger charge is 2.38. The molecule has 0 aliphatic heterocycles. The first-order valence-electron chi connectivity index (χ1n) is 11.0. The predicted molar refractivity (Wildman–Crippen MR) is 125 cm³/mol. The number of benzene rings is 2. The summed E-state index contributed by atoms with van der Waals surface area (Å²) in [5, 5.41) is 9.15. The van der Waals surface area contributed by atoms with E-state index in [2.05, 4.69) is 4.74 Å². The first-order chi connectivity index (χ1) is 17.4. The molecule has 10 nitrogen and oxygen atoms in total. The average molecular weight is 516 g/mol. The molecule has 0 saturated heterocycles. The number of nitrogens with zero attached hydrogens (tertiary/aromatic N) is 4. The summed E-state index contributed by atoms with van der Waals surface area (Å²) in [6.45, 7) is 0. The highest BCUT2D eigenvalue weighted by atomic mass is 19.4. The van der Waals surface area contributed by atoms with Gasteiger partial charge in [0, 0.05) is 14.1 Å². The number of alkyl halides is 3. The van der Waals surface area contributed by atoms with E-state index in [0.717, 1.165) is 21.4 Å². The van der Waals surface area contributed by atoms with E-state index in [4.69, 9.17) is 5.11 Å². The number of rotatable bonds is 3. The van der Waals surface area contributed by atoms with Crippen LogP contribution in [-0.4, -0.2) is 29.5 Å². The normalized spacial score (nSPS) is 15.2. The predicted octanol–water partition coefficient (Wildman–Crippen LogP) is 2.80. The third-order valence-corrected chi connectivity index (χ3v) is 6.68. The maximum Gasteiger partial charge on any atom is 0.511 e. The van der Waals surface area contributed by atoms with Gasteiger partial charge in [0.15, 0.2) is 0 Å². The third-order valence-electron chi connectivity index (χ3n) is 6.68. The fourth-order valence-electron chi connectivity index (χ4n) is 4.98. The highest BCUT2D eigenvalue weighted by molar-refractivity contribution is 5.78. The first-order valence-corrected chi connectivity index (χ1v) is 11.0. The molecule has 5 rings (SSSR count). The van der Waals surface area contributed by atoms with Gasteiger partial charge in [-0.1, -0.05) is 12.1 Å². The molecule has 2 heterocycles. The second kappa shape index (κ2) is 8.25. The molecule has 1 aliphatic rings. The number of halogens is 3. The Hall–Kier alpha value is -4.55. The van der Waals surface area contributed by atoms with Gasteiger partial charge in [-0.05, 0) is 48.2 Å². The second-order valence-electron chi connectivity index (χ2n) is 8.69. The van der Waals surface area contributed by atoms with Crippen LogP contribution in [0.1, 0.15) is 29.2 Å². The Morgan fingerprint density at radius 3 is 2.41 bits per heavy atom. The summed E-state index contributed by atoms with van der Waals surface area (Å²) < 4.78 is 49.8. The number of imidazole rings is 1. The Morgan fingerprint density at radius 1 is 1.03 bits per heavy atom. The largest absolute Gasteiger partial charge is 0.511 e. The van der Waals surface area contributed by atoms with Crippen molar-refractivity contribution in [2.75, 3.05) is 0 Å².